The van der Waals surface area contributed by atoms with Gasteiger partial charge in [0.15, 0.2) is 28.4 Å². The molecular weight excluding hydrogens is 400 g/mol. The fourth-order valence-electron chi connectivity index (χ4n) is 2.90. The highest BCUT2D eigenvalue weighted by Crippen LogP contribution is 2.31. The zero-order chi connectivity index (χ0) is 18.4. The molecule has 0 bridgehead atoms. The van der Waals surface area contributed by atoms with Gasteiger partial charge in [0, 0.05) is 27.7 Å². The molecule has 0 aliphatic heterocycles. The van der Waals surface area contributed by atoms with Crippen molar-refractivity contribution in [1.29, 1.82) is 0 Å². The molecule has 0 aliphatic carbocycles. The molecule has 0 spiro atoms. The smallest absolute Gasteiger partial charge is 0.198 e. The van der Waals surface area contributed by atoms with Crippen molar-refractivity contribution in [3.8, 4) is 23.0 Å². The second-order valence-electron chi connectivity index (χ2n) is 5.79. The Morgan fingerprint density at radius 3 is 2.62 bits per heavy atom. The summed E-state index contributed by atoms with van der Waals surface area (Å²) in [7, 11) is 3.09. The van der Waals surface area contributed by atoms with Crippen molar-refractivity contribution in [3.63, 3.8) is 0 Å². The molecule has 4 aromatic rings. The predicted molar refractivity (Wildman–Crippen MR) is 102 cm³/mol. The number of hydrogen-bond donors (Lipinski definition) is 1. The van der Waals surface area contributed by atoms with Crippen LogP contribution in [0.15, 0.2) is 39.7 Å². The number of H-pyrrole nitrogens is 1. The summed E-state index contributed by atoms with van der Waals surface area (Å²) in [5.41, 5.74) is 2.34. The Kier molecular flexibility index (Phi) is 3.91. The molecule has 0 saturated heterocycles. The Morgan fingerprint density at radius 1 is 1.15 bits per heavy atom. The van der Waals surface area contributed by atoms with Gasteiger partial charge in [0.25, 0.3) is 0 Å². The Labute approximate surface area is 156 Å². The van der Waals surface area contributed by atoms with Gasteiger partial charge in [-0.1, -0.05) is 0 Å². The molecular formula is C18H15BrN4O3. The average Bonchev–Trinajstić information content (AvgIpc) is 3.06. The summed E-state index contributed by atoms with van der Waals surface area (Å²) >= 11 is 3.41. The molecule has 3 heterocycles. The van der Waals surface area contributed by atoms with E-state index < -0.39 is 0 Å². The van der Waals surface area contributed by atoms with Crippen LogP contribution in [-0.2, 0) is 0 Å². The Morgan fingerprint density at radius 2 is 1.88 bits per heavy atom. The van der Waals surface area contributed by atoms with E-state index in [9.17, 15) is 4.79 Å². The molecule has 0 aliphatic rings. The summed E-state index contributed by atoms with van der Waals surface area (Å²) in [4.78, 5) is 20.7. The second kappa shape index (κ2) is 6.14. The van der Waals surface area contributed by atoms with E-state index in [4.69, 9.17) is 9.47 Å². The SMILES string of the molecule is COc1cc2[nH]c(-c3nc4ccc(Br)cn4n3)c(C)c(=O)c2cc1OC. The lowest BCUT2D eigenvalue weighted by molar-refractivity contribution is 0.356. The van der Waals surface area contributed by atoms with Crippen molar-refractivity contribution < 1.29 is 9.47 Å². The number of aromatic amines is 1. The lowest BCUT2D eigenvalue weighted by Crippen LogP contribution is -2.10. The summed E-state index contributed by atoms with van der Waals surface area (Å²) < 4.78 is 13.2. The number of fused-ring (bicyclic) bond motifs is 2. The van der Waals surface area contributed by atoms with Gasteiger partial charge in [0.2, 0.25) is 0 Å². The number of methoxy groups -OCH3 is 2. The number of nitrogens with zero attached hydrogens (tertiary/aromatic N) is 3. The monoisotopic (exact) mass is 414 g/mol. The van der Waals surface area contributed by atoms with Gasteiger partial charge in [-0.25, -0.2) is 9.50 Å². The summed E-state index contributed by atoms with van der Waals surface area (Å²) in [5.74, 6) is 1.50. The fourth-order valence-corrected chi connectivity index (χ4v) is 3.23. The first kappa shape index (κ1) is 16.6. The van der Waals surface area contributed by atoms with Crippen molar-refractivity contribution >= 4 is 32.5 Å². The molecule has 0 amide bonds. The molecule has 8 heteroatoms. The summed E-state index contributed by atoms with van der Waals surface area (Å²) in [6.07, 6.45) is 1.81. The van der Waals surface area contributed by atoms with Gasteiger partial charge in [-0.2, -0.15) is 0 Å². The molecule has 26 heavy (non-hydrogen) atoms. The zero-order valence-corrected chi connectivity index (χ0v) is 15.9. The fraction of sp³-hybridized carbons (Fsp3) is 0.167. The van der Waals surface area contributed by atoms with Crippen molar-refractivity contribution in [2.45, 2.75) is 6.92 Å². The van der Waals surface area contributed by atoms with Gasteiger partial charge >= 0.3 is 0 Å². The first-order chi connectivity index (χ1) is 12.5. The van der Waals surface area contributed by atoms with E-state index in [-0.39, 0.29) is 5.43 Å². The van der Waals surface area contributed by atoms with Crippen LogP contribution >= 0.6 is 15.9 Å². The number of halogens is 1. The predicted octanol–water partition coefficient (Wildman–Crippen LogP) is 3.33. The number of pyridine rings is 2. The average molecular weight is 415 g/mol. The van der Waals surface area contributed by atoms with Crippen molar-refractivity contribution in [1.82, 2.24) is 19.6 Å². The van der Waals surface area contributed by atoms with Crippen LogP contribution in [0.2, 0.25) is 0 Å². The maximum atomic E-state index is 12.9. The Bertz CT molecular complexity index is 1210. The lowest BCUT2D eigenvalue weighted by atomic mass is 10.1. The second-order valence-corrected chi connectivity index (χ2v) is 6.71. The topological polar surface area (TPSA) is 81.5 Å². The van der Waals surface area contributed by atoms with E-state index in [1.165, 1.54) is 7.11 Å². The number of benzene rings is 1. The van der Waals surface area contributed by atoms with Crippen LogP contribution in [0.5, 0.6) is 11.5 Å². The van der Waals surface area contributed by atoms with Gasteiger partial charge in [0.05, 0.1) is 25.4 Å². The van der Waals surface area contributed by atoms with Crippen molar-refractivity contribution in [2.24, 2.45) is 0 Å². The van der Waals surface area contributed by atoms with Crippen LogP contribution in [0.3, 0.4) is 0 Å². The van der Waals surface area contributed by atoms with E-state index >= 15 is 0 Å². The molecule has 1 N–H and O–H groups in total. The third-order valence-corrected chi connectivity index (χ3v) is 4.73. The summed E-state index contributed by atoms with van der Waals surface area (Å²) in [6, 6.07) is 7.16. The number of aromatic nitrogens is 4. The quantitative estimate of drug-likeness (QED) is 0.555. The van der Waals surface area contributed by atoms with Crippen LogP contribution in [0, 0.1) is 6.92 Å². The molecule has 0 saturated carbocycles. The normalized spacial score (nSPS) is 11.2. The maximum absolute atomic E-state index is 12.9. The van der Waals surface area contributed by atoms with Gasteiger partial charge in [0.1, 0.15) is 0 Å². The molecule has 1 aromatic carbocycles. The van der Waals surface area contributed by atoms with Crippen LogP contribution in [-0.4, -0.2) is 33.8 Å². The number of ether oxygens (including phenoxy) is 2. The molecule has 3 aromatic heterocycles. The van der Waals surface area contributed by atoms with Crippen LogP contribution in [0.25, 0.3) is 28.1 Å². The lowest BCUT2D eigenvalue weighted by Gasteiger charge is -2.11. The van der Waals surface area contributed by atoms with Crippen LogP contribution in [0.4, 0.5) is 0 Å². The summed E-state index contributed by atoms with van der Waals surface area (Å²) in [5, 5.41) is 5.00. The Balaban J connectivity index is 1.99. The van der Waals surface area contributed by atoms with Gasteiger partial charge in [-0.3, -0.25) is 4.79 Å². The first-order valence-electron chi connectivity index (χ1n) is 7.82. The molecule has 0 unspecified atom stereocenters. The van der Waals surface area contributed by atoms with E-state index in [0.29, 0.717) is 45.1 Å². The molecule has 7 nitrogen and oxygen atoms in total. The first-order valence-corrected chi connectivity index (χ1v) is 8.62. The third kappa shape index (κ3) is 2.53. The van der Waals surface area contributed by atoms with Crippen LogP contribution < -0.4 is 14.9 Å². The Hall–Kier alpha value is -2.87. The van der Waals surface area contributed by atoms with Crippen LogP contribution in [0.1, 0.15) is 5.56 Å². The molecule has 0 radical (unpaired) electrons. The standard InChI is InChI=1S/C18H15BrN4O3/c1-9-16(18-21-15-5-4-10(19)8-23(15)22-18)20-12-7-14(26-3)13(25-2)6-11(12)17(9)24/h4-8H,1-3H3,(H,20,24). The number of hydrogen-bond acceptors (Lipinski definition) is 5. The zero-order valence-electron chi connectivity index (χ0n) is 14.3. The van der Waals surface area contributed by atoms with E-state index in [1.807, 2.05) is 18.3 Å². The van der Waals surface area contributed by atoms with E-state index in [2.05, 4.69) is 31.0 Å². The molecule has 0 atom stereocenters. The van der Waals surface area contributed by atoms with E-state index in [0.717, 1.165) is 4.47 Å². The molecule has 0 fully saturated rings. The number of nitrogens with one attached hydrogen (secondary N) is 1. The highest BCUT2D eigenvalue weighted by atomic mass is 79.9. The van der Waals surface area contributed by atoms with Crippen molar-refractivity contribution in [2.75, 3.05) is 14.2 Å². The molecule has 132 valence electrons. The summed E-state index contributed by atoms with van der Waals surface area (Å²) in [6.45, 7) is 1.76. The number of rotatable bonds is 3. The minimum absolute atomic E-state index is 0.102. The minimum Gasteiger partial charge on any atom is -0.493 e. The van der Waals surface area contributed by atoms with Gasteiger partial charge < -0.3 is 14.5 Å². The van der Waals surface area contributed by atoms with Gasteiger partial charge in [-0.15, -0.1) is 5.10 Å². The molecule has 4 rings (SSSR count). The van der Waals surface area contributed by atoms with Gasteiger partial charge in [-0.05, 0) is 41.1 Å². The highest BCUT2D eigenvalue weighted by Gasteiger charge is 2.17. The van der Waals surface area contributed by atoms with E-state index in [1.54, 1.807) is 30.7 Å². The van der Waals surface area contributed by atoms with Crippen molar-refractivity contribution in [3.05, 3.63) is 50.7 Å². The third-order valence-electron chi connectivity index (χ3n) is 4.26. The largest absolute Gasteiger partial charge is 0.493 e. The minimum atomic E-state index is -0.102. The highest BCUT2D eigenvalue weighted by molar-refractivity contribution is 9.10. The maximum Gasteiger partial charge on any atom is 0.198 e.